The van der Waals surface area contributed by atoms with E-state index in [0.29, 0.717) is 0 Å². The van der Waals surface area contributed by atoms with Crippen LogP contribution in [-0.4, -0.2) is 0 Å². The third kappa shape index (κ3) is 0.810. The topological polar surface area (TPSA) is 0 Å². The summed E-state index contributed by atoms with van der Waals surface area (Å²) in [6, 6.07) is 0. The summed E-state index contributed by atoms with van der Waals surface area (Å²) >= 11 is 0. The van der Waals surface area contributed by atoms with Crippen LogP contribution in [0.4, 0.5) is 0 Å². The van der Waals surface area contributed by atoms with E-state index in [1.807, 2.05) is 0 Å². The van der Waals surface area contributed by atoms with Crippen LogP contribution in [0.25, 0.3) is 0 Å². The first-order chi connectivity index (χ1) is 4.93. The average molecular weight is 136 g/mol. The second-order valence-corrected chi connectivity index (χ2v) is 4.67. The zero-order chi connectivity index (χ0) is 6.55. The number of hydrogen-bond donors (Lipinski definition) is 0. The molecule has 0 saturated heterocycles. The predicted octanol–water partition coefficient (Wildman–Crippen LogP) is 2.83. The maximum absolute atomic E-state index is 1.60. The van der Waals surface area contributed by atoms with Crippen molar-refractivity contribution in [2.75, 3.05) is 0 Å². The molecular weight excluding hydrogens is 120 g/mol. The van der Waals surface area contributed by atoms with Gasteiger partial charge >= 0.3 is 0 Å². The molecule has 3 aliphatic rings. The van der Waals surface area contributed by atoms with Gasteiger partial charge in [0.05, 0.1) is 0 Å². The summed E-state index contributed by atoms with van der Waals surface area (Å²) in [7, 11) is 0. The molecule has 0 radical (unpaired) electrons. The molecule has 0 bridgehead atoms. The molecule has 56 valence electrons. The van der Waals surface area contributed by atoms with Gasteiger partial charge in [-0.2, -0.15) is 0 Å². The van der Waals surface area contributed by atoms with E-state index in [9.17, 15) is 0 Å². The minimum atomic E-state index is 1.20. The van der Waals surface area contributed by atoms with Crippen molar-refractivity contribution >= 4 is 0 Å². The molecule has 0 aliphatic heterocycles. The van der Waals surface area contributed by atoms with Crippen LogP contribution < -0.4 is 0 Å². The van der Waals surface area contributed by atoms with Gasteiger partial charge in [-0.3, -0.25) is 0 Å². The zero-order valence-corrected chi connectivity index (χ0v) is 6.55. The van der Waals surface area contributed by atoms with Gasteiger partial charge in [-0.1, -0.05) is 0 Å². The third-order valence-corrected chi connectivity index (χ3v) is 3.95. The van der Waals surface area contributed by atoms with Crippen LogP contribution in [-0.2, 0) is 0 Å². The minimum Gasteiger partial charge on any atom is -0.0499 e. The van der Waals surface area contributed by atoms with Crippen LogP contribution in [0.2, 0.25) is 0 Å². The van der Waals surface area contributed by atoms with E-state index in [1.165, 1.54) is 23.7 Å². The fourth-order valence-corrected chi connectivity index (χ4v) is 2.89. The summed E-state index contributed by atoms with van der Waals surface area (Å²) in [5.41, 5.74) is 0. The van der Waals surface area contributed by atoms with Crippen LogP contribution in [0, 0.1) is 23.7 Å². The van der Waals surface area contributed by atoms with Gasteiger partial charge in [0.15, 0.2) is 0 Å². The van der Waals surface area contributed by atoms with E-state index in [4.69, 9.17) is 0 Å². The van der Waals surface area contributed by atoms with Crippen molar-refractivity contribution in [2.24, 2.45) is 23.7 Å². The first-order valence-electron chi connectivity index (χ1n) is 4.93. The van der Waals surface area contributed by atoms with E-state index >= 15 is 0 Å². The molecule has 0 aromatic rings. The molecule has 0 amide bonds. The highest BCUT2D eigenvalue weighted by molar-refractivity contribution is 4.95. The summed E-state index contributed by atoms with van der Waals surface area (Å²) in [5, 5.41) is 0. The van der Waals surface area contributed by atoms with Crippen molar-refractivity contribution in [1.82, 2.24) is 0 Å². The Kier molecular flexibility index (Phi) is 1.00. The third-order valence-electron chi connectivity index (χ3n) is 3.95. The normalized spacial score (nSPS) is 57.6. The lowest BCUT2D eigenvalue weighted by Gasteiger charge is -2.04. The van der Waals surface area contributed by atoms with Gasteiger partial charge in [-0.15, -0.1) is 0 Å². The van der Waals surface area contributed by atoms with Crippen molar-refractivity contribution in [3.8, 4) is 0 Å². The second-order valence-electron chi connectivity index (χ2n) is 4.67. The molecule has 4 atom stereocenters. The highest BCUT2D eigenvalue weighted by Crippen LogP contribution is 2.55. The number of hydrogen-bond acceptors (Lipinski definition) is 0. The Labute approximate surface area is 63.0 Å². The van der Waals surface area contributed by atoms with Gasteiger partial charge in [0.1, 0.15) is 0 Å². The van der Waals surface area contributed by atoms with Crippen LogP contribution in [0.1, 0.15) is 38.5 Å². The molecule has 3 saturated carbocycles. The quantitative estimate of drug-likeness (QED) is 0.480. The fraction of sp³-hybridized carbons (Fsp3) is 1.00. The molecule has 0 aromatic heterocycles. The maximum Gasteiger partial charge on any atom is -0.0383 e. The Balaban J connectivity index is 1.67. The monoisotopic (exact) mass is 136 g/mol. The Morgan fingerprint density at radius 1 is 0.500 bits per heavy atom. The van der Waals surface area contributed by atoms with Crippen molar-refractivity contribution in [1.29, 1.82) is 0 Å². The molecule has 0 heteroatoms. The van der Waals surface area contributed by atoms with Crippen molar-refractivity contribution in [3.05, 3.63) is 0 Å². The smallest absolute Gasteiger partial charge is 0.0383 e. The Bertz CT molecular complexity index is 116. The molecule has 0 N–H and O–H groups in total. The van der Waals surface area contributed by atoms with Gasteiger partial charge in [0, 0.05) is 0 Å². The SMILES string of the molecule is C1C[C@@H]2C[C@@H]2CC[C@@H]2C[C@@H]12. The molecule has 0 heterocycles. The zero-order valence-electron chi connectivity index (χ0n) is 6.55. The number of rotatable bonds is 0. The van der Waals surface area contributed by atoms with Gasteiger partial charge in [0.2, 0.25) is 0 Å². The summed E-state index contributed by atoms with van der Waals surface area (Å²) in [6.07, 6.45) is 9.55. The van der Waals surface area contributed by atoms with Crippen LogP contribution in [0.15, 0.2) is 0 Å². The second kappa shape index (κ2) is 1.78. The standard InChI is InChI=1S/C10H16/c1-2-8-6-10(8)4-3-9-5-7(1)9/h7-10H,1-6H2/t7-,8-,9-,10+/m1/s1. The van der Waals surface area contributed by atoms with E-state index in [-0.39, 0.29) is 0 Å². The van der Waals surface area contributed by atoms with E-state index in [1.54, 1.807) is 38.5 Å². The van der Waals surface area contributed by atoms with E-state index in [0.717, 1.165) is 0 Å². The first-order valence-corrected chi connectivity index (χ1v) is 4.93. The van der Waals surface area contributed by atoms with Crippen molar-refractivity contribution in [3.63, 3.8) is 0 Å². The fourth-order valence-electron chi connectivity index (χ4n) is 2.89. The molecular formula is C10H16. The molecule has 3 aliphatic carbocycles. The largest absolute Gasteiger partial charge is 0.0499 e. The minimum absolute atomic E-state index is 1.20. The number of fused-ring (bicyclic) bond motifs is 2. The molecule has 0 unspecified atom stereocenters. The van der Waals surface area contributed by atoms with Gasteiger partial charge < -0.3 is 0 Å². The molecule has 0 spiro atoms. The Morgan fingerprint density at radius 3 is 1.10 bits per heavy atom. The molecule has 3 rings (SSSR count). The summed E-state index contributed by atoms with van der Waals surface area (Å²) in [4.78, 5) is 0. The Hall–Kier alpha value is 0. The lowest BCUT2D eigenvalue weighted by atomic mass is 10.0. The summed E-state index contributed by atoms with van der Waals surface area (Å²) in [6.45, 7) is 0. The predicted molar refractivity (Wildman–Crippen MR) is 41.7 cm³/mol. The van der Waals surface area contributed by atoms with E-state index in [2.05, 4.69) is 0 Å². The van der Waals surface area contributed by atoms with Crippen LogP contribution in [0.5, 0.6) is 0 Å². The molecule has 0 aromatic carbocycles. The van der Waals surface area contributed by atoms with Crippen molar-refractivity contribution in [2.45, 2.75) is 38.5 Å². The first kappa shape index (κ1) is 5.62. The van der Waals surface area contributed by atoms with Gasteiger partial charge in [0.25, 0.3) is 0 Å². The average Bonchev–Trinajstić information content (AvgIpc) is 2.70. The van der Waals surface area contributed by atoms with E-state index < -0.39 is 0 Å². The van der Waals surface area contributed by atoms with Crippen LogP contribution >= 0.6 is 0 Å². The lowest BCUT2D eigenvalue weighted by molar-refractivity contribution is 0.468. The molecule has 0 nitrogen and oxygen atoms in total. The highest BCUT2D eigenvalue weighted by Gasteiger charge is 2.44. The highest BCUT2D eigenvalue weighted by atomic mass is 14.5. The maximum atomic E-state index is 1.60. The molecule has 3 fully saturated rings. The van der Waals surface area contributed by atoms with Crippen LogP contribution in [0.3, 0.4) is 0 Å². The van der Waals surface area contributed by atoms with Crippen molar-refractivity contribution < 1.29 is 0 Å². The summed E-state index contributed by atoms with van der Waals surface area (Å²) < 4.78 is 0. The molecule has 10 heavy (non-hydrogen) atoms. The Morgan fingerprint density at radius 2 is 0.800 bits per heavy atom. The van der Waals surface area contributed by atoms with Gasteiger partial charge in [-0.05, 0) is 62.2 Å². The van der Waals surface area contributed by atoms with Gasteiger partial charge in [-0.25, -0.2) is 0 Å². The summed E-state index contributed by atoms with van der Waals surface area (Å²) in [5.74, 6) is 4.78. The lowest BCUT2D eigenvalue weighted by Crippen LogP contribution is -1.93.